The Morgan fingerprint density at radius 2 is 1.76 bits per heavy atom. The minimum atomic E-state index is -4.32. The Labute approximate surface area is 107 Å². The van der Waals surface area contributed by atoms with Crippen LogP contribution >= 0.6 is 27.3 Å². The minimum absolute atomic E-state index is 0.511. The van der Waals surface area contributed by atoms with Gasteiger partial charge in [-0.1, -0.05) is 11.3 Å². The van der Waals surface area contributed by atoms with E-state index in [2.05, 4.69) is 31.4 Å². The lowest BCUT2D eigenvalue weighted by Gasteiger charge is -2.07. The van der Waals surface area contributed by atoms with Crippen molar-refractivity contribution in [2.45, 2.75) is 6.18 Å². The van der Waals surface area contributed by atoms with Crippen LogP contribution in [0.2, 0.25) is 0 Å². The molecule has 0 amide bonds. The molecule has 1 heterocycles. The van der Waals surface area contributed by atoms with E-state index in [1.54, 1.807) is 0 Å². The van der Waals surface area contributed by atoms with Crippen LogP contribution in [0.1, 0.15) is 5.56 Å². The molecule has 0 saturated heterocycles. The lowest BCUT2D eigenvalue weighted by atomic mass is 10.2. The molecule has 0 bridgehead atoms. The number of hydrogen-bond donors (Lipinski definition) is 1. The van der Waals surface area contributed by atoms with Crippen molar-refractivity contribution >= 4 is 38.1 Å². The molecule has 0 aliphatic carbocycles. The summed E-state index contributed by atoms with van der Waals surface area (Å²) in [7, 11) is 0. The summed E-state index contributed by atoms with van der Waals surface area (Å²) in [4.78, 5) is 0. The van der Waals surface area contributed by atoms with Crippen LogP contribution in [0.4, 0.5) is 24.0 Å². The van der Waals surface area contributed by atoms with E-state index in [1.165, 1.54) is 23.5 Å². The smallest absolute Gasteiger partial charge is 0.330 e. The third-order valence-electron chi connectivity index (χ3n) is 1.86. The SMILES string of the molecule is FC(F)(F)c1ccc(Nc2nnc(Br)s2)cc1. The fraction of sp³-hybridized carbons (Fsp3) is 0.111. The van der Waals surface area contributed by atoms with Gasteiger partial charge < -0.3 is 5.32 Å². The van der Waals surface area contributed by atoms with Crippen molar-refractivity contribution in [3.8, 4) is 0 Å². The molecule has 0 radical (unpaired) electrons. The second-order valence-corrected chi connectivity index (χ2v) is 5.31. The van der Waals surface area contributed by atoms with Crippen molar-refractivity contribution in [1.29, 1.82) is 0 Å². The number of rotatable bonds is 2. The second-order valence-electron chi connectivity index (χ2n) is 3.06. The maximum atomic E-state index is 12.3. The van der Waals surface area contributed by atoms with E-state index in [0.29, 0.717) is 14.7 Å². The number of halogens is 4. The molecule has 3 nitrogen and oxygen atoms in total. The third kappa shape index (κ3) is 3.16. The van der Waals surface area contributed by atoms with Crippen LogP contribution in [0.3, 0.4) is 0 Å². The molecule has 0 saturated carbocycles. The Kier molecular flexibility index (Phi) is 3.34. The summed E-state index contributed by atoms with van der Waals surface area (Å²) in [6.45, 7) is 0. The van der Waals surface area contributed by atoms with Gasteiger partial charge in [0.1, 0.15) is 0 Å². The van der Waals surface area contributed by atoms with Crippen molar-refractivity contribution in [2.75, 3.05) is 5.32 Å². The number of benzene rings is 1. The van der Waals surface area contributed by atoms with Crippen LogP contribution in [0.15, 0.2) is 28.2 Å². The molecule has 0 aliphatic rings. The molecule has 0 unspecified atom stereocenters. The van der Waals surface area contributed by atoms with Crippen molar-refractivity contribution in [3.63, 3.8) is 0 Å². The number of anilines is 2. The van der Waals surface area contributed by atoms with E-state index >= 15 is 0 Å². The zero-order valence-electron chi connectivity index (χ0n) is 8.12. The predicted octanol–water partition coefficient (Wildman–Crippen LogP) is 4.06. The topological polar surface area (TPSA) is 37.8 Å². The molecule has 8 heteroatoms. The van der Waals surface area contributed by atoms with Crippen LogP contribution in [0, 0.1) is 0 Å². The first kappa shape index (κ1) is 12.3. The molecule has 1 aromatic carbocycles. The summed E-state index contributed by atoms with van der Waals surface area (Å²) in [5, 5.41) is 10.8. The number of hydrogen-bond acceptors (Lipinski definition) is 4. The van der Waals surface area contributed by atoms with E-state index in [1.807, 2.05) is 0 Å². The maximum Gasteiger partial charge on any atom is 0.416 e. The average Bonchev–Trinajstić information content (AvgIpc) is 2.63. The predicted molar refractivity (Wildman–Crippen MR) is 62.3 cm³/mol. The molecule has 17 heavy (non-hydrogen) atoms. The second kappa shape index (κ2) is 4.61. The summed E-state index contributed by atoms with van der Waals surface area (Å²) in [6, 6.07) is 4.72. The van der Waals surface area contributed by atoms with Crippen molar-refractivity contribution < 1.29 is 13.2 Å². The Bertz CT molecular complexity index is 509. The van der Waals surface area contributed by atoms with Gasteiger partial charge in [-0.25, -0.2) is 0 Å². The highest BCUT2D eigenvalue weighted by atomic mass is 79.9. The fourth-order valence-electron chi connectivity index (χ4n) is 1.12. The summed E-state index contributed by atoms with van der Waals surface area (Å²) in [5.41, 5.74) is -0.150. The van der Waals surface area contributed by atoms with Gasteiger partial charge in [0, 0.05) is 5.69 Å². The average molecular weight is 324 g/mol. The van der Waals surface area contributed by atoms with Gasteiger partial charge in [-0.05, 0) is 40.2 Å². The van der Waals surface area contributed by atoms with Crippen LogP contribution in [0.25, 0.3) is 0 Å². The van der Waals surface area contributed by atoms with E-state index in [-0.39, 0.29) is 0 Å². The first-order valence-corrected chi connectivity index (χ1v) is 5.99. The van der Waals surface area contributed by atoms with E-state index in [0.717, 1.165) is 12.1 Å². The van der Waals surface area contributed by atoms with Gasteiger partial charge in [0.25, 0.3) is 0 Å². The van der Waals surface area contributed by atoms with E-state index in [9.17, 15) is 13.2 Å². The molecule has 0 atom stereocenters. The lowest BCUT2D eigenvalue weighted by Crippen LogP contribution is -2.04. The van der Waals surface area contributed by atoms with Crippen molar-refractivity contribution in [2.24, 2.45) is 0 Å². The number of alkyl halides is 3. The lowest BCUT2D eigenvalue weighted by molar-refractivity contribution is -0.137. The fourth-order valence-corrected chi connectivity index (χ4v) is 2.15. The van der Waals surface area contributed by atoms with Crippen molar-refractivity contribution in [3.05, 3.63) is 33.7 Å². The van der Waals surface area contributed by atoms with Crippen LogP contribution in [-0.2, 0) is 6.18 Å². The summed E-state index contributed by atoms with van der Waals surface area (Å²) in [5.74, 6) is 0. The summed E-state index contributed by atoms with van der Waals surface area (Å²) >= 11 is 4.39. The van der Waals surface area contributed by atoms with Crippen LogP contribution in [-0.4, -0.2) is 10.2 Å². The maximum absolute atomic E-state index is 12.3. The van der Waals surface area contributed by atoms with Gasteiger partial charge >= 0.3 is 6.18 Å². The molecule has 2 aromatic rings. The Morgan fingerprint density at radius 3 is 2.24 bits per heavy atom. The van der Waals surface area contributed by atoms with Gasteiger partial charge in [0.05, 0.1) is 5.56 Å². The molecular formula is C9H5BrF3N3S. The highest BCUT2D eigenvalue weighted by Crippen LogP contribution is 2.30. The minimum Gasteiger partial charge on any atom is -0.330 e. The first-order valence-electron chi connectivity index (χ1n) is 4.38. The van der Waals surface area contributed by atoms with Gasteiger partial charge in [0.2, 0.25) is 5.13 Å². The highest BCUT2D eigenvalue weighted by molar-refractivity contribution is 9.11. The third-order valence-corrected chi connectivity index (χ3v) is 3.14. The number of aromatic nitrogens is 2. The summed E-state index contributed by atoms with van der Waals surface area (Å²) < 4.78 is 37.5. The monoisotopic (exact) mass is 323 g/mol. The molecular weight excluding hydrogens is 319 g/mol. The zero-order valence-corrected chi connectivity index (χ0v) is 10.5. The Hall–Kier alpha value is -1.15. The molecule has 2 rings (SSSR count). The van der Waals surface area contributed by atoms with Crippen LogP contribution < -0.4 is 5.32 Å². The van der Waals surface area contributed by atoms with Crippen LogP contribution in [0.5, 0.6) is 0 Å². The molecule has 0 spiro atoms. The van der Waals surface area contributed by atoms with Gasteiger partial charge in [-0.2, -0.15) is 13.2 Å². The number of nitrogens with zero attached hydrogens (tertiary/aromatic N) is 2. The van der Waals surface area contributed by atoms with Gasteiger partial charge in [-0.15, -0.1) is 10.2 Å². The quantitative estimate of drug-likeness (QED) is 0.905. The standard InChI is InChI=1S/C9H5BrF3N3S/c10-7-15-16-8(17-7)14-6-3-1-5(2-4-6)9(11,12)13/h1-4H,(H,14,16). The summed E-state index contributed by atoms with van der Waals surface area (Å²) in [6.07, 6.45) is -4.32. The molecule has 0 fully saturated rings. The normalized spacial score (nSPS) is 11.5. The zero-order chi connectivity index (χ0) is 12.5. The molecule has 90 valence electrons. The first-order chi connectivity index (χ1) is 7.95. The van der Waals surface area contributed by atoms with E-state index < -0.39 is 11.7 Å². The molecule has 1 N–H and O–H groups in total. The number of nitrogens with one attached hydrogen (secondary N) is 1. The van der Waals surface area contributed by atoms with Gasteiger partial charge in [0.15, 0.2) is 3.92 Å². The van der Waals surface area contributed by atoms with E-state index in [4.69, 9.17) is 0 Å². The van der Waals surface area contributed by atoms with Crippen molar-refractivity contribution in [1.82, 2.24) is 10.2 Å². The molecule has 0 aliphatic heterocycles. The highest BCUT2D eigenvalue weighted by Gasteiger charge is 2.29. The Morgan fingerprint density at radius 1 is 1.12 bits per heavy atom. The van der Waals surface area contributed by atoms with Gasteiger partial charge in [-0.3, -0.25) is 0 Å². The molecule has 1 aromatic heterocycles. The Balaban J connectivity index is 2.13. The largest absolute Gasteiger partial charge is 0.416 e.